The molecule has 0 atom stereocenters. The first kappa shape index (κ1) is 34.0. The molecule has 1 aliphatic rings. The zero-order chi connectivity index (χ0) is 27.5. The summed E-state index contributed by atoms with van der Waals surface area (Å²) in [4.78, 5) is 14.0. The third-order valence-corrected chi connectivity index (χ3v) is 5.52. The van der Waals surface area contributed by atoms with Crippen molar-refractivity contribution in [1.82, 2.24) is 4.98 Å². The Bertz CT molecular complexity index is 1050. The molecule has 1 amide bonds. The SMILES string of the molecule is CC.COc1cc(B2OC(C)(C)C(C)(C)O2)ccc1NC(C)=O.[I][V]([I])[I].c1ccc2[nH]ccc2c1. The number of aromatic amines is 1. The topological polar surface area (TPSA) is 72.6 Å². The first-order chi connectivity index (χ1) is 16.9. The predicted octanol–water partition coefficient (Wildman–Crippen LogP) is 7.80. The van der Waals surface area contributed by atoms with E-state index in [2.05, 4.69) is 88.4 Å². The van der Waals surface area contributed by atoms with Crippen LogP contribution < -0.4 is 15.5 Å². The molecule has 11 heteroatoms. The summed E-state index contributed by atoms with van der Waals surface area (Å²) >= 11 is 7.39. The Balaban J connectivity index is 0.000000353. The third kappa shape index (κ3) is 10.6. The Morgan fingerprint density at radius 2 is 1.56 bits per heavy atom. The number of amides is 1. The second kappa shape index (κ2) is 16.2. The Labute approximate surface area is 253 Å². The number of methoxy groups -OCH3 is 1. The predicted molar refractivity (Wildman–Crippen MR) is 175 cm³/mol. The fourth-order valence-electron chi connectivity index (χ4n) is 3.12. The van der Waals surface area contributed by atoms with E-state index in [0.29, 0.717) is 11.4 Å². The van der Waals surface area contributed by atoms with Crippen molar-refractivity contribution in [3.8, 4) is 5.75 Å². The van der Waals surface area contributed by atoms with Gasteiger partial charge in [-0.05, 0) is 62.8 Å². The molecular formula is C25H35BI3N2O4V. The molecule has 6 nitrogen and oxygen atoms in total. The number of ether oxygens (including phenoxy) is 1. The average molecular weight is 870 g/mol. The molecule has 1 saturated heterocycles. The minimum Gasteiger partial charge on any atom is -0.361 e. The molecule has 3 aromatic rings. The molecule has 198 valence electrons. The number of H-pyrrole nitrogens is 1. The first-order valence-electron chi connectivity index (χ1n) is 11.5. The van der Waals surface area contributed by atoms with E-state index in [9.17, 15) is 4.79 Å². The zero-order valence-electron chi connectivity index (χ0n) is 22.0. The van der Waals surface area contributed by atoms with Crippen LogP contribution >= 0.6 is 59.9 Å². The van der Waals surface area contributed by atoms with Crippen LogP contribution in [0, 0.1) is 0 Å². The van der Waals surface area contributed by atoms with Crippen LogP contribution in [0.15, 0.2) is 54.7 Å². The summed E-state index contributed by atoms with van der Waals surface area (Å²) in [6.07, 6.45) is 1.95. The van der Waals surface area contributed by atoms with Crippen molar-refractivity contribution in [2.45, 2.75) is 59.7 Å². The number of anilines is 1. The van der Waals surface area contributed by atoms with E-state index in [1.807, 2.05) is 72.0 Å². The number of rotatable bonds is 3. The van der Waals surface area contributed by atoms with E-state index < -0.39 is 7.12 Å². The van der Waals surface area contributed by atoms with E-state index in [0.717, 1.165) is 5.46 Å². The Kier molecular flexibility index (Phi) is 15.3. The van der Waals surface area contributed by atoms with Crippen LogP contribution in [-0.4, -0.2) is 36.3 Å². The molecule has 0 aliphatic carbocycles. The van der Waals surface area contributed by atoms with Crippen LogP contribution in [0.25, 0.3) is 10.9 Å². The monoisotopic (exact) mass is 870 g/mol. The third-order valence-electron chi connectivity index (χ3n) is 5.52. The minimum absolute atomic E-state index is 0.142. The molecule has 2 aromatic carbocycles. The Morgan fingerprint density at radius 3 is 2.06 bits per heavy atom. The number of nitrogens with one attached hydrogen (secondary N) is 2. The van der Waals surface area contributed by atoms with Crippen molar-refractivity contribution in [3.63, 3.8) is 0 Å². The number of carbonyl (C=O) groups is 1. The van der Waals surface area contributed by atoms with Gasteiger partial charge in [-0.3, -0.25) is 4.79 Å². The molecule has 1 fully saturated rings. The van der Waals surface area contributed by atoms with Gasteiger partial charge in [0.25, 0.3) is 0 Å². The molecule has 1 aromatic heterocycles. The quantitative estimate of drug-likeness (QED) is 0.208. The maximum atomic E-state index is 11.2. The number of halogens is 3. The Hall–Kier alpha value is 0.00935. The van der Waals surface area contributed by atoms with Gasteiger partial charge in [0, 0.05) is 18.6 Å². The molecule has 0 saturated carbocycles. The summed E-state index contributed by atoms with van der Waals surface area (Å²) in [7, 11) is 1.12. The van der Waals surface area contributed by atoms with E-state index in [-0.39, 0.29) is 22.0 Å². The number of fused-ring (bicyclic) bond motifs is 1. The second-order valence-electron chi connectivity index (χ2n) is 8.49. The maximum absolute atomic E-state index is 11.2. The van der Waals surface area contributed by atoms with E-state index >= 15 is 0 Å². The largest absolute Gasteiger partial charge is 0.361 e. The summed E-state index contributed by atoms with van der Waals surface area (Å²) in [5.74, 6) is 0.439. The molecule has 1 aliphatic heterocycles. The smallest absolute Gasteiger partial charge is 0.0453 e. The molecule has 0 unspecified atom stereocenters. The fraction of sp³-hybridized carbons (Fsp3) is 0.400. The number of hydrogen-bond donors (Lipinski definition) is 2. The minimum atomic E-state index is -0.449. The van der Waals surface area contributed by atoms with E-state index in [1.54, 1.807) is 13.2 Å². The second-order valence-corrected chi connectivity index (χ2v) is 43.9. The molecule has 4 rings (SSSR count). The number of benzene rings is 2. The van der Waals surface area contributed by atoms with Crippen molar-refractivity contribution in [3.05, 3.63) is 54.7 Å². The van der Waals surface area contributed by atoms with Crippen molar-refractivity contribution >= 4 is 95.0 Å². The molecule has 0 radical (unpaired) electrons. The van der Waals surface area contributed by atoms with Gasteiger partial charge in [0.1, 0.15) is 5.75 Å². The summed E-state index contributed by atoms with van der Waals surface area (Å²) in [6, 6.07) is 15.8. The summed E-state index contributed by atoms with van der Waals surface area (Å²) in [5.41, 5.74) is 1.92. The van der Waals surface area contributed by atoms with E-state index in [1.165, 1.54) is 17.8 Å². The van der Waals surface area contributed by atoms with Gasteiger partial charge in [0.05, 0.1) is 24.0 Å². The molecule has 0 spiro atoms. The van der Waals surface area contributed by atoms with Gasteiger partial charge in [0.15, 0.2) is 0 Å². The van der Waals surface area contributed by atoms with Gasteiger partial charge in [-0.2, -0.15) is 0 Å². The normalized spacial score (nSPS) is 15.1. The molecule has 2 N–H and O–H groups in total. The van der Waals surface area contributed by atoms with Crippen LogP contribution in [0.5, 0.6) is 5.75 Å². The van der Waals surface area contributed by atoms with Crippen LogP contribution in [0.2, 0.25) is 0 Å². The number of aromatic nitrogens is 1. The van der Waals surface area contributed by atoms with Gasteiger partial charge in [-0.25, -0.2) is 0 Å². The Morgan fingerprint density at radius 1 is 1.00 bits per heavy atom. The maximum Gasteiger partial charge on any atom is 0.0453 e. The number of para-hydroxylation sites is 1. The van der Waals surface area contributed by atoms with Gasteiger partial charge in [0.2, 0.25) is 5.91 Å². The van der Waals surface area contributed by atoms with Crippen molar-refractivity contribution in [2.24, 2.45) is 0 Å². The van der Waals surface area contributed by atoms with Crippen LogP contribution in [0.4, 0.5) is 5.69 Å². The zero-order valence-corrected chi connectivity index (χ0v) is 29.9. The van der Waals surface area contributed by atoms with Gasteiger partial charge in [-0.1, -0.05) is 38.1 Å². The fourth-order valence-corrected chi connectivity index (χ4v) is 3.12. The summed E-state index contributed by atoms with van der Waals surface area (Å²) in [5, 5.41) is 4.00. The van der Waals surface area contributed by atoms with Crippen LogP contribution in [0.3, 0.4) is 0 Å². The summed E-state index contributed by atoms with van der Waals surface area (Å²) < 4.78 is 17.3. The summed E-state index contributed by atoms with van der Waals surface area (Å²) in [6.45, 7) is 13.5. The van der Waals surface area contributed by atoms with Crippen molar-refractivity contribution in [1.29, 1.82) is 0 Å². The molecule has 36 heavy (non-hydrogen) atoms. The van der Waals surface area contributed by atoms with Crippen molar-refractivity contribution < 1.29 is 23.8 Å². The molecular weight excluding hydrogens is 835 g/mol. The van der Waals surface area contributed by atoms with Crippen LogP contribution in [0.1, 0.15) is 48.5 Å². The van der Waals surface area contributed by atoms with E-state index in [4.69, 9.17) is 14.0 Å². The van der Waals surface area contributed by atoms with Gasteiger partial charge in [-0.15, -0.1) is 0 Å². The van der Waals surface area contributed by atoms with Gasteiger partial charge >= 0.3 is 72.0 Å². The van der Waals surface area contributed by atoms with Gasteiger partial charge < -0.3 is 24.3 Å². The molecule has 0 bridgehead atoms. The standard InChI is InChI=1S/C15H22BNO4.C8H7N.C2H6.3HI.V/c1-10(18)17-12-8-7-11(9-13(12)19-6)16-20-14(2,3)15(4,5)21-16;1-2-4-8-7(3-1)5-6-9-8;1-2;;;;/h7-9H,1-6H3,(H,17,18);1-6,9H;1-2H3;3*1H;/q;;;;;;+3/p-3. The number of hydrogen-bond acceptors (Lipinski definition) is 4. The molecule has 2 heterocycles. The average Bonchev–Trinajstić information content (AvgIpc) is 3.36. The van der Waals surface area contributed by atoms with Crippen LogP contribution in [-0.2, 0) is 19.0 Å². The van der Waals surface area contributed by atoms with Crippen molar-refractivity contribution in [2.75, 3.05) is 12.4 Å². The number of carbonyl (C=O) groups excluding carboxylic acids is 1. The first-order valence-corrected chi connectivity index (χ1v) is 25.0.